The summed E-state index contributed by atoms with van der Waals surface area (Å²) in [6, 6.07) is 8.54. The van der Waals surface area contributed by atoms with Gasteiger partial charge in [-0.05, 0) is 29.9 Å². The third-order valence-corrected chi connectivity index (χ3v) is 3.11. The van der Waals surface area contributed by atoms with Crippen molar-refractivity contribution in [3.05, 3.63) is 35.4 Å². The van der Waals surface area contributed by atoms with Crippen LogP contribution in [0.1, 0.15) is 30.4 Å². The first-order chi connectivity index (χ1) is 7.26. The number of benzene rings is 1. The van der Waals surface area contributed by atoms with E-state index in [-0.39, 0.29) is 11.9 Å². The van der Waals surface area contributed by atoms with Gasteiger partial charge in [0.2, 0.25) is 0 Å². The monoisotopic (exact) mass is 204 g/mol. The Hall–Kier alpha value is -1.31. The molecule has 1 aromatic carbocycles. The fourth-order valence-corrected chi connectivity index (χ4v) is 1.98. The SMILES string of the molecule is CCc1ccc(C2CC2C(=O)OC)cc1. The van der Waals surface area contributed by atoms with Crippen LogP contribution in [0.3, 0.4) is 0 Å². The molecule has 2 heteroatoms. The zero-order valence-electron chi connectivity index (χ0n) is 9.19. The van der Waals surface area contributed by atoms with Crippen LogP contribution in [-0.4, -0.2) is 13.1 Å². The molecular formula is C13H16O2. The molecule has 1 fully saturated rings. The Morgan fingerprint density at radius 2 is 2.07 bits per heavy atom. The zero-order valence-corrected chi connectivity index (χ0v) is 9.19. The smallest absolute Gasteiger partial charge is 0.309 e. The molecule has 0 heterocycles. The Kier molecular flexibility index (Phi) is 2.76. The van der Waals surface area contributed by atoms with Gasteiger partial charge in [-0.25, -0.2) is 0 Å². The summed E-state index contributed by atoms with van der Waals surface area (Å²) in [7, 11) is 1.46. The van der Waals surface area contributed by atoms with Gasteiger partial charge in [0.1, 0.15) is 0 Å². The number of aryl methyl sites for hydroxylation is 1. The topological polar surface area (TPSA) is 26.3 Å². The first kappa shape index (κ1) is 10.2. The Morgan fingerprint density at radius 3 is 2.60 bits per heavy atom. The molecule has 1 aliphatic carbocycles. The number of rotatable bonds is 3. The number of carbonyl (C=O) groups is 1. The highest BCUT2D eigenvalue weighted by Gasteiger charge is 2.44. The molecule has 1 saturated carbocycles. The lowest BCUT2D eigenvalue weighted by Gasteiger charge is -2.01. The molecule has 0 saturated heterocycles. The molecule has 2 atom stereocenters. The zero-order chi connectivity index (χ0) is 10.8. The fraction of sp³-hybridized carbons (Fsp3) is 0.462. The van der Waals surface area contributed by atoms with E-state index < -0.39 is 0 Å². The Labute approximate surface area is 90.3 Å². The highest BCUT2D eigenvalue weighted by molar-refractivity contribution is 5.77. The van der Waals surface area contributed by atoms with Gasteiger partial charge in [0.25, 0.3) is 0 Å². The van der Waals surface area contributed by atoms with E-state index in [4.69, 9.17) is 4.74 Å². The van der Waals surface area contributed by atoms with Crippen LogP contribution in [0.5, 0.6) is 0 Å². The Bertz CT molecular complexity index is 353. The van der Waals surface area contributed by atoms with Gasteiger partial charge >= 0.3 is 5.97 Å². The van der Waals surface area contributed by atoms with Crippen LogP contribution < -0.4 is 0 Å². The van der Waals surface area contributed by atoms with E-state index in [1.54, 1.807) is 0 Å². The molecule has 2 rings (SSSR count). The second-order valence-electron chi connectivity index (χ2n) is 4.07. The van der Waals surface area contributed by atoms with Crippen molar-refractivity contribution in [2.75, 3.05) is 7.11 Å². The summed E-state index contributed by atoms with van der Waals surface area (Å²) in [6.45, 7) is 2.14. The van der Waals surface area contributed by atoms with Crippen molar-refractivity contribution in [3.63, 3.8) is 0 Å². The lowest BCUT2D eigenvalue weighted by atomic mass is 10.1. The quantitative estimate of drug-likeness (QED) is 0.707. The summed E-state index contributed by atoms with van der Waals surface area (Å²) in [6.07, 6.45) is 2.00. The van der Waals surface area contributed by atoms with Crippen molar-refractivity contribution in [2.24, 2.45) is 5.92 Å². The summed E-state index contributed by atoms with van der Waals surface area (Å²) in [5, 5.41) is 0. The van der Waals surface area contributed by atoms with E-state index in [1.165, 1.54) is 18.2 Å². The molecule has 0 aliphatic heterocycles. The van der Waals surface area contributed by atoms with Crippen molar-refractivity contribution in [1.29, 1.82) is 0 Å². The molecule has 0 N–H and O–H groups in total. The largest absolute Gasteiger partial charge is 0.469 e. The number of methoxy groups -OCH3 is 1. The van der Waals surface area contributed by atoms with Crippen LogP contribution >= 0.6 is 0 Å². The van der Waals surface area contributed by atoms with Crippen LogP contribution in [0, 0.1) is 5.92 Å². The molecule has 2 unspecified atom stereocenters. The second-order valence-corrected chi connectivity index (χ2v) is 4.07. The third kappa shape index (κ3) is 2.04. The Balaban J connectivity index is 2.04. The summed E-state index contributed by atoms with van der Waals surface area (Å²) >= 11 is 0. The summed E-state index contributed by atoms with van der Waals surface area (Å²) in [5.41, 5.74) is 2.61. The van der Waals surface area contributed by atoms with Crippen molar-refractivity contribution < 1.29 is 9.53 Å². The van der Waals surface area contributed by atoms with Gasteiger partial charge in [-0.2, -0.15) is 0 Å². The van der Waals surface area contributed by atoms with E-state index in [0.29, 0.717) is 5.92 Å². The van der Waals surface area contributed by atoms with Gasteiger partial charge in [0.05, 0.1) is 13.0 Å². The van der Waals surface area contributed by atoms with Crippen LogP contribution in [0.15, 0.2) is 24.3 Å². The van der Waals surface area contributed by atoms with Gasteiger partial charge in [-0.3, -0.25) is 4.79 Å². The summed E-state index contributed by atoms with van der Waals surface area (Å²) in [4.78, 5) is 11.3. The van der Waals surface area contributed by atoms with Crippen molar-refractivity contribution in [3.8, 4) is 0 Å². The summed E-state index contributed by atoms with van der Waals surface area (Å²) < 4.78 is 4.73. The van der Waals surface area contributed by atoms with Crippen molar-refractivity contribution >= 4 is 5.97 Å². The average molecular weight is 204 g/mol. The normalized spacial score (nSPS) is 23.6. The minimum absolute atomic E-state index is 0.0698. The van der Waals surface area contributed by atoms with Gasteiger partial charge < -0.3 is 4.74 Å². The highest BCUT2D eigenvalue weighted by Crippen LogP contribution is 2.48. The second kappa shape index (κ2) is 4.05. The highest BCUT2D eigenvalue weighted by atomic mass is 16.5. The molecule has 15 heavy (non-hydrogen) atoms. The van der Waals surface area contributed by atoms with Crippen molar-refractivity contribution in [2.45, 2.75) is 25.7 Å². The van der Waals surface area contributed by atoms with Crippen LogP contribution in [0.4, 0.5) is 0 Å². The molecule has 0 aromatic heterocycles. The minimum Gasteiger partial charge on any atom is -0.469 e. The number of ether oxygens (including phenoxy) is 1. The molecular weight excluding hydrogens is 188 g/mol. The van der Waals surface area contributed by atoms with Crippen LogP contribution in [0.2, 0.25) is 0 Å². The maximum absolute atomic E-state index is 11.3. The van der Waals surface area contributed by atoms with E-state index in [2.05, 4.69) is 31.2 Å². The molecule has 80 valence electrons. The number of esters is 1. The maximum Gasteiger partial charge on any atom is 0.309 e. The number of hydrogen-bond acceptors (Lipinski definition) is 2. The van der Waals surface area contributed by atoms with Gasteiger partial charge in [-0.1, -0.05) is 31.2 Å². The van der Waals surface area contributed by atoms with Gasteiger partial charge in [-0.15, -0.1) is 0 Å². The molecule has 2 nitrogen and oxygen atoms in total. The van der Waals surface area contributed by atoms with E-state index in [9.17, 15) is 4.79 Å². The average Bonchev–Trinajstić information content (AvgIpc) is 3.08. The molecule has 0 spiro atoms. The molecule has 1 aromatic rings. The fourth-order valence-electron chi connectivity index (χ4n) is 1.98. The molecule has 0 amide bonds. The standard InChI is InChI=1S/C13H16O2/c1-3-9-4-6-10(7-5-9)11-8-12(11)13(14)15-2/h4-7,11-12H,3,8H2,1-2H3. The first-order valence-corrected chi connectivity index (χ1v) is 5.43. The predicted molar refractivity (Wildman–Crippen MR) is 58.7 cm³/mol. The summed E-state index contributed by atoms with van der Waals surface area (Å²) in [5.74, 6) is 0.422. The number of hydrogen-bond donors (Lipinski definition) is 0. The van der Waals surface area contributed by atoms with Crippen LogP contribution in [0.25, 0.3) is 0 Å². The molecule has 0 radical (unpaired) electrons. The predicted octanol–water partition coefficient (Wildman–Crippen LogP) is 2.53. The van der Waals surface area contributed by atoms with Crippen molar-refractivity contribution in [1.82, 2.24) is 0 Å². The van der Waals surface area contributed by atoms with Gasteiger partial charge in [0, 0.05) is 0 Å². The minimum atomic E-state index is -0.0698. The number of carbonyl (C=O) groups excluding carboxylic acids is 1. The van der Waals surface area contributed by atoms with Gasteiger partial charge in [0.15, 0.2) is 0 Å². The lowest BCUT2D eigenvalue weighted by Crippen LogP contribution is -2.03. The third-order valence-electron chi connectivity index (χ3n) is 3.11. The van der Waals surface area contributed by atoms with E-state index in [0.717, 1.165) is 12.8 Å². The van der Waals surface area contributed by atoms with E-state index in [1.807, 2.05) is 0 Å². The molecule has 0 bridgehead atoms. The molecule has 1 aliphatic rings. The maximum atomic E-state index is 11.3. The van der Waals surface area contributed by atoms with E-state index >= 15 is 0 Å². The lowest BCUT2D eigenvalue weighted by molar-refractivity contribution is -0.142. The van der Waals surface area contributed by atoms with Crippen LogP contribution in [-0.2, 0) is 16.0 Å². The Morgan fingerprint density at radius 1 is 1.40 bits per heavy atom. The first-order valence-electron chi connectivity index (χ1n) is 5.43.